The van der Waals surface area contributed by atoms with E-state index in [9.17, 15) is 4.79 Å². The van der Waals surface area contributed by atoms with Crippen molar-refractivity contribution in [2.45, 2.75) is 38.8 Å². The quantitative estimate of drug-likeness (QED) is 0.857. The van der Waals surface area contributed by atoms with Crippen molar-refractivity contribution in [3.63, 3.8) is 0 Å². The minimum atomic E-state index is 0.283. The van der Waals surface area contributed by atoms with E-state index >= 15 is 0 Å². The van der Waals surface area contributed by atoms with Crippen molar-refractivity contribution in [2.24, 2.45) is 0 Å². The topological polar surface area (TPSA) is 33.2 Å². The molecule has 0 aromatic carbocycles. The fourth-order valence-electron chi connectivity index (χ4n) is 2.37. The summed E-state index contributed by atoms with van der Waals surface area (Å²) in [6.07, 6.45) is 4.83. The van der Waals surface area contributed by atoms with Gasteiger partial charge in [0.2, 0.25) is 0 Å². The normalized spacial score (nSPS) is 20.7. The van der Waals surface area contributed by atoms with Crippen LogP contribution in [0.15, 0.2) is 22.8 Å². The third-order valence-electron chi connectivity index (χ3n) is 3.18. The van der Waals surface area contributed by atoms with Gasteiger partial charge in [0.05, 0.1) is 5.69 Å². The summed E-state index contributed by atoms with van der Waals surface area (Å²) in [6, 6.07) is 4.46. The van der Waals surface area contributed by atoms with Gasteiger partial charge >= 0.3 is 0 Å². The van der Waals surface area contributed by atoms with Gasteiger partial charge in [-0.15, -0.1) is 0 Å². The second kappa shape index (κ2) is 5.74. The summed E-state index contributed by atoms with van der Waals surface area (Å²) in [5.41, 5.74) is 1.07. The second-order valence-corrected chi connectivity index (χ2v) is 5.56. The molecular weight excluding hydrogens is 280 g/mol. The Morgan fingerprint density at radius 2 is 2.41 bits per heavy atom. The number of halogens is 1. The van der Waals surface area contributed by atoms with Crippen LogP contribution in [-0.4, -0.2) is 28.3 Å². The number of nitrogens with zero attached hydrogens (tertiary/aromatic N) is 2. The van der Waals surface area contributed by atoms with Crippen molar-refractivity contribution in [3.8, 4) is 0 Å². The Morgan fingerprint density at radius 3 is 3.06 bits per heavy atom. The fraction of sp³-hybridized carbons (Fsp3) is 0.538. The van der Waals surface area contributed by atoms with E-state index in [-0.39, 0.29) is 5.78 Å². The molecule has 0 saturated carbocycles. The highest BCUT2D eigenvalue weighted by Gasteiger charge is 2.25. The van der Waals surface area contributed by atoms with Gasteiger partial charge < -0.3 is 0 Å². The molecule has 3 nitrogen and oxygen atoms in total. The Labute approximate surface area is 110 Å². The van der Waals surface area contributed by atoms with Crippen LogP contribution in [0.25, 0.3) is 0 Å². The van der Waals surface area contributed by atoms with Crippen molar-refractivity contribution in [2.75, 3.05) is 6.54 Å². The molecule has 1 fully saturated rings. The van der Waals surface area contributed by atoms with Gasteiger partial charge in [0.25, 0.3) is 0 Å². The predicted octanol–water partition coefficient (Wildman–Crippen LogP) is 2.79. The lowest BCUT2D eigenvalue weighted by molar-refractivity contribution is -0.118. The first-order chi connectivity index (χ1) is 8.15. The molecule has 0 N–H and O–H groups in total. The Bertz CT molecular complexity index is 391. The molecule has 0 spiro atoms. The number of pyridine rings is 1. The highest BCUT2D eigenvalue weighted by Crippen LogP contribution is 2.22. The molecule has 0 amide bonds. The number of hydrogen-bond donors (Lipinski definition) is 0. The van der Waals surface area contributed by atoms with Gasteiger partial charge in [-0.2, -0.15) is 0 Å². The Kier molecular flexibility index (Phi) is 4.29. The van der Waals surface area contributed by atoms with Crippen molar-refractivity contribution in [1.82, 2.24) is 9.88 Å². The van der Waals surface area contributed by atoms with Gasteiger partial charge in [-0.3, -0.25) is 14.7 Å². The first-order valence-electron chi connectivity index (χ1n) is 5.99. The number of carbonyl (C=O) groups is 1. The van der Waals surface area contributed by atoms with Gasteiger partial charge in [0, 0.05) is 29.7 Å². The highest BCUT2D eigenvalue weighted by atomic mass is 79.9. The lowest BCUT2D eigenvalue weighted by Crippen LogP contribution is -2.30. The maximum Gasteiger partial charge on any atom is 0.131 e. The molecular formula is C13H17BrN2O. The van der Waals surface area contributed by atoms with E-state index in [0.29, 0.717) is 12.5 Å². The average molecular weight is 297 g/mol. The van der Waals surface area contributed by atoms with E-state index in [1.165, 1.54) is 6.42 Å². The summed E-state index contributed by atoms with van der Waals surface area (Å²) in [7, 11) is 0. The van der Waals surface area contributed by atoms with Crippen molar-refractivity contribution in [1.29, 1.82) is 0 Å². The molecule has 2 heterocycles. The SMILES string of the molecule is CC(=O)CC1CCCN1Cc1ccc(Br)cn1. The maximum atomic E-state index is 11.2. The lowest BCUT2D eigenvalue weighted by atomic mass is 10.1. The first-order valence-corrected chi connectivity index (χ1v) is 6.78. The smallest absolute Gasteiger partial charge is 0.131 e. The fourth-order valence-corrected chi connectivity index (χ4v) is 2.61. The Morgan fingerprint density at radius 1 is 1.59 bits per heavy atom. The van der Waals surface area contributed by atoms with Crippen LogP contribution in [-0.2, 0) is 11.3 Å². The van der Waals surface area contributed by atoms with Crippen molar-refractivity contribution in [3.05, 3.63) is 28.5 Å². The number of rotatable bonds is 4. The molecule has 1 atom stereocenters. The molecule has 1 aliphatic rings. The predicted molar refractivity (Wildman–Crippen MR) is 70.7 cm³/mol. The molecule has 0 bridgehead atoms. The maximum absolute atomic E-state index is 11.2. The zero-order chi connectivity index (χ0) is 12.3. The molecule has 1 unspecified atom stereocenters. The van der Waals surface area contributed by atoms with E-state index < -0.39 is 0 Å². The van der Waals surface area contributed by atoms with Gasteiger partial charge in [-0.25, -0.2) is 0 Å². The molecule has 2 rings (SSSR count). The van der Waals surface area contributed by atoms with Crippen LogP contribution in [0.1, 0.15) is 31.9 Å². The van der Waals surface area contributed by atoms with Crippen molar-refractivity contribution >= 4 is 21.7 Å². The number of ketones is 1. The van der Waals surface area contributed by atoms with E-state index in [0.717, 1.165) is 29.7 Å². The van der Waals surface area contributed by atoms with Gasteiger partial charge in [-0.1, -0.05) is 0 Å². The molecule has 17 heavy (non-hydrogen) atoms. The van der Waals surface area contributed by atoms with Crippen LogP contribution in [0.4, 0.5) is 0 Å². The van der Waals surface area contributed by atoms with E-state index in [2.05, 4.69) is 25.8 Å². The van der Waals surface area contributed by atoms with Crippen LogP contribution < -0.4 is 0 Å². The van der Waals surface area contributed by atoms with Crippen LogP contribution in [0.3, 0.4) is 0 Å². The molecule has 0 aliphatic carbocycles. The first kappa shape index (κ1) is 12.7. The van der Waals surface area contributed by atoms with Gasteiger partial charge in [0.1, 0.15) is 5.78 Å². The zero-order valence-corrected chi connectivity index (χ0v) is 11.6. The molecule has 1 aromatic heterocycles. The standard InChI is InChI=1S/C13H17BrN2O/c1-10(17)7-13-3-2-6-16(13)9-12-5-4-11(14)8-15-12/h4-5,8,13H,2-3,6-7,9H2,1H3. The molecule has 4 heteroatoms. The third-order valence-corrected chi connectivity index (χ3v) is 3.64. The Balaban J connectivity index is 1.97. The molecule has 1 aliphatic heterocycles. The summed E-state index contributed by atoms with van der Waals surface area (Å²) in [5.74, 6) is 0.283. The van der Waals surface area contributed by atoms with Gasteiger partial charge in [-0.05, 0) is 54.4 Å². The average Bonchev–Trinajstić information content (AvgIpc) is 2.68. The number of hydrogen-bond acceptors (Lipinski definition) is 3. The molecule has 0 radical (unpaired) electrons. The largest absolute Gasteiger partial charge is 0.300 e. The summed E-state index contributed by atoms with van der Waals surface area (Å²) in [5, 5.41) is 0. The lowest BCUT2D eigenvalue weighted by Gasteiger charge is -2.23. The number of likely N-dealkylation sites (tertiary alicyclic amines) is 1. The molecule has 92 valence electrons. The van der Waals surface area contributed by atoms with Crippen LogP contribution in [0.2, 0.25) is 0 Å². The van der Waals surface area contributed by atoms with E-state index in [4.69, 9.17) is 0 Å². The summed E-state index contributed by atoms with van der Waals surface area (Å²) >= 11 is 3.38. The third kappa shape index (κ3) is 3.61. The minimum absolute atomic E-state index is 0.283. The van der Waals surface area contributed by atoms with E-state index in [1.54, 1.807) is 6.92 Å². The summed E-state index contributed by atoms with van der Waals surface area (Å²) in [6.45, 7) is 3.61. The number of Topliss-reactive ketones (excluding diaryl/α,β-unsaturated/α-hetero) is 1. The Hall–Kier alpha value is -0.740. The van der Waals surface area contributed by atoms with E-state index in [1.807, 2.05) is 18.3 Å². The van der Waals surface area contributed by atoms with Gasteiger partial charge in [0.15, 0.2) is 0 Å². The zero-order valence-electron chi connectivity index (χ0n) is 10.0. The molecule has 1 saturated heterocycles. The van der Waals surface area contributed by atoms with Crippen molar-refractivity contribution < 1.29 is 4.79 Å². The summed E-state index contributed by atoms with van der Waals surface area (Å²) < 4.78 is 1.00. The number of aromatic nitrogens is 1. The van der Waals surface area contributed by atoms with Crippen LogP contribution in [0, 0.1) is 0 Å². The minimum Gasteiger partial charge on any atom is -0.300 e. The van der Waals surface area contributed by atoms with Crippen LogP contribution >= 0.6 is 15.9 Å². The monoisotopic (exact) mass is 296 g/mol. The van der Waals surface area contributed by atoms with Crippen LogP contribution in [0.5, 0.6) is 0 Å². The second-order valence-electron chi connectivity index (χ2n) is 4.64. The number of carbonyl (C=O) groups excluding carboxylic acids is 1. The summed E-state index contributed by atoms with van der Waals surface area (Å²) in [4.78, 5) is 17.9. The highest BCUT2D eigenvalue weighted by molar-refractivity contribution is 9.10. The molecule has 1 aromatic rings.